The maximum Gasteiger partial charge on any atom is 0.203 e. The van der Waals surface area contributed by atoms with Gasteiger partial charge in [0.1, 0.15) is 0 Å². The van der Waals surface area contributed by atoms with E-state index in [1.807, 2.05) is 18.2 Å². The molecule has 17 heavy (non-hydrogen) atoms. The average molecular weight is 236 g/mol. The van der Waals surface area contributed by atoms with Crippen LogP contribution in [-0.2, 0) is 0 Å². The van der Waals surface area contributed by atoms with Crippen molar-refractivity contribution in [2.45, 2.75) is 19.3 Å². The average Bonchev–Trinajstić information content (AvgIpc) is 2.37. The third-order valence-electron chi connectivity index (χ3n) is 2.78. The summed E-state index contributed by atoms with van der Waals surface area (Å²) in [5.74, 6) is 2.39. The van der Waals surface area contributed by atoms with Gasteiger partial charge in [0, 0.05) is 0 Å². The smallest absolute Gasteiger partial charge is 0.203 e. The molecule has 0 aliphatic heterocycles. The second kappa shape index (κ2) is 6.18. The molecule has 0 N–H and O–H groups in total. The Kier molecular flexibility index (Phi) is 4.88. The zero-order valence-corrected chi connectivity index (χ0v) is 10.9. The highest BCUT2D eigenvalue weighted by atomic mass is 16.5. The lowest BCUT2D eigenvalue weighted by Gasteiger charge is -2.16. The van der Waals surface area contributed by atoms with Crippen LogP contribution in [-0.4, -0.2) is 21.3 Å². The Labute approximate surface area is 103 Å². The lowest BCUT2D eigenvalue weighted by Crippen LogP contribution is -1.99. The quantitative estimate of drug-likeness (QED) is 0.708. The largest absolute Gasteiger partial charge is 0.493 e. The number of allylic oxidation sites excluding steroid dienone is 1. The van der Waals surface area contributed by atoms with Crippen molar-refractivity contribution in [3.8, 4) is 17.2 Å². The van der Waals surface area contributed by atoms with E-state index in [0.29, 0.717) is 23.2 Å². The highest BCUT2D eigenvalue weighted by Crippen LogP contribution is 2.40. The van der Waals surface area contributed by atoms with Gasteiger partial charge in [-0.1, -0.05) is 13.0 Å². The maximum atomic E-state index is 5.32. The Balaban J connectivity index is 3.21. The van der Waals surface area contributed by atoms with Gasteiger partial charge in [-0.2, -0.15) is 0 Å². The topological polar surface area (TPSA) is 27.7 Å². The summed E-state index contributed by atoms with van der Waals surface area (Å²) in [6, 6.07) is 3.96. The molecule has 0 radical (unpaired) electrons. The van der Waals surface area contributed by atoms with E-state index in [1.54, 1.807) is 21.3 Å². The first-order chi connectivity index (χ1) is 8.17. The fourth-order valence-corrected chi connectivity index (χ4v) is 1.77. The van der Waals surface area contributed by atoms with Crippen LogP contribution in [0, 0.1) is 0 Å². The molecule has 0 amide bonds. The van der Waals surface area contributed by atoms with Gasteiger partial charge < -0.3 is 14.2 Å². The minimum absolute atomic E-state index is 0.376. The third-order valence-corrected chi connectivity index (χ3v) is 2.78. The molecule has 0 saturated heterocycles. The van der Waals surface area contributed by atoms with E-state index in [9.17, 15) is 0 Å². The number of hydrogen-bond donors (Lipinski definition) is 0. The summed E-state index contributed by atoms with van der Waals surface area (Å²) in [6.07, 6.45) is 2.83. The van der Waals surface area contributed by atoms with Crippen molar-refractivity contribution in [3.05, 3.63) is 30.4 Å². The van der Waals surface area contributed by atoms with Gasteiger partial charge >= 0.3 is 0 Å². The van der Waals surface area contributed by atoms with Gasteiger partial charge in [-0.25, -0.2) is 0 Å². The van der Waals surface area contributed by atoms with Crippen molar-refractivity contribution < 1.29 is 14.2 Å². The van der Waals surface area contributed by atoms with E-state index in [0.717, 1.165) is 12.0 Å². The second-order valence-corrected chi connectivity index (χ2v) is 3.88. The Bertz CT molecular complexity index is 360. The summed E-state index contributed by atoms with van der Waals surface area (Å²) in [7, 11) is 4.85. The van der Waals surface area contributed by atoms with Crippen LogP contribution < -0.4 is 14.2 Å². The molecule has 0 spiro atoms. The number of rotatable bonds is 6. The number of benzene rings is 1. The molecule has 1 aromatic carbocycles. The molecule has 94 valence electrons. The molecule has 3 heteroatoms. The Morgan fingerprint density at radius 3 is 2.00 bits per heavy atom. The van der Waals surface area contributed by atoms with Crippen LogP contribution >= 0.6 is 0 Å². The van der Waals surface area contributed by atoms with E-state index >= 15 is 0 Å². The predicted molar refractivity (Wildman–Crippen MR) is 69.3 cm³/mol. The monoisotopic (exact) mass is 236 g/mol. The standard InChI is InChI=1S/C14H20O3/c1-6-7-10(2)11-8-12(15-3)14(17-5)13(9-11)16-4/h6,8-10H,1,7H2,2-5H3/t10-/m1/s1. The molecule has 0 aliphatic rings. The van der Waals surface area contributed by atoms with E-state index in [1.165, 1.54) is 0 Å². The lowest BCUT2D eigenvalue weighted by molar-refractivity contribution is 0.323. The van der Waals surface area contributed by atoms with Crippen molar-refractivity contribution in [2.75, 3.05) is 21.3 Å². The van der Waals surface area contributed by atoms with E-state index in [2.05, 4.69) is 13.5 Å². The second-order valence-electron chi connectivity index (χ2n) is 3.88. The summed E-state index contributed by atoms with van der Waals surface area (Å²) in [4.78, 5) is 0. The summed E-state index contributed by atoms with van der Waals surface area (Å²) in [5, 5.41) is 0. The van der Waals surface area contributed by atoms with Crippen LogP contribution in [0.4, 0.5) is 0 Å². The van der Waals surface area contributed by atoms with Crippen LogP contribution in [0.3, 0.4) is 0 Å². The molecule has 1 aromatic rings. The highest BCUT2D eigenvalue weighted by molar-refractivity contribution is 5.54. The van der Waals surface area contributed by atoms with Crippen molar-refractivity contribution in [1.29, 1.82) is 0 Å². The highest BCUT2D eigenvalue weighted by Gasteiger charge is 2.15. The summed E-state index contributed by atoms with van der Waals surface area (Å²) < 4.78 is 15.9. The molecule has 0 fully saturated rings. The van der Waals surface area contributed by atoms with Gasteiger partial charge in [0.25, 0.3) is 0 Å². The maximum absolute atomic E-state index is 5.32. The van der Waals surface area contributed by atoms with E-state index < -0.39 is 0 Å². The third kappa shape index (κ3) is 2.93. The van der Waals surface area contributed by atoms with Gasteiger partial charge in [-0.05, 0) is 30.0 Å². The molecule has 1 rings (SSSR count). The minimum Gasteiger partial charge on any atom is -0.493 e. The molecule has 0 aromatic heterocycles. The summed E-state index contributed by atoms with van der Waals surface area (Å²) >= 11 is 0. The van der Waals surface area contributed by atoms with Crippen LogP contribution in [0.15, 0.2) is 24.8 Å². The van der Waals surface area contributed by atoms with Gasteiger partial charge in [-0.3, -0.25) is 0 Å². The van der Waals surface area contributed by atoms with Crippen molar-refractivity contribution in [3.63, 3.8) is 0 Å². The fourth-order valence-electron chi connectivity index (χ4n) is 1.77. The van der Waals surface area contributed by atoms with Crippen LogP contribution in [0.25, 0.3) is 0 Å². The molecule has 0 heterocycles. The fraction of sp³-hybridized carbons (Fsp3) is 0.429. The van der Waals surface area contributed by atoms with Crippen molar-refractivity contribution in [2.24, 2.45) is 0 Å². The number of ether oxygens (including phenoxy) is 3. The van der Waals surface area contributed by atoms with E-state index in [-0.39, 0.29) is 0 Å². The minimum atomic E-state index is 0.376. The van der Waals surface area contributed by atoms with Gasteiger partial charge in [-0.15, -0.1) is 6.58 Å². The molecule has 0 bridgehead atoms. The summed E-state index contributed by atoms with van der Waals surface area (Å²) in [6.45, 7) is 5.90. The molecule has 0 saturated carbocycles. The van der Waals surface area contributed by atoms with Gasteiger partial charge in [0.05, 0.1) is 21.3 Å². The Hall–Kier alpha value is -1.64. The number of hydrogen-bond acceptors (Lipinski definition) is 3. The normalized spacial score (nSPS) is 11.8. The molecular formula is C14H20O3. The first-order valence-electron chi connectivity index (χ1n) is 5.58. The number of methoxy groups -OCH3 is 3. The first kappa shape index (κ1) is 13.4. The Morgan fingerprint density at radius 1 is 1.12 bits per heavy atom. The molecule has 0 aliphatic carbocycles. The van der Waals surface area contributed by atoms with Crippen LogP contribution in [0.5, 0.6) is 17.2 Å². The van der Waals surface area contributed by atoms with Crippen LogP contribution in [0.1, 0.15) is 24.8 Å². The van der Waals surface area contributed by atoms with Crippen molar-refractivity contribution >= 4 is 0 Å². The zero-order valence-electron chi connectivity index (χ0n) is 10.9. The first-order valence-corrected chi connectivity index (χ1v) is 5.58. The van der Waals surface area contributed by atoms with Gasteiger partial charge in [0.15, 0.2) is 11.5 Å². The molecule has 3 nitrogen and oxygen atoms in total. The predicted octanol–water partition coefficient (Wildman–Crippen LogP) is 3.39. The SMILES string of the molecule is C=CC[C@@H](C)c1cc(OC)c(OC)c(OC)c1. The molecular weight excluding hydrogens is 216 g/mol. The lowest BCUT2D eigenvalue weighted by atomic mass is 9.97. The van der Waals surface area contributed by atoms with Gasteiger partial charge in [0.2, 0.25) is 5.75 Å². The molecule has 0 unspecified atom stereocenters. The summed E-state index contributed by atoms with van der Waals surface area (Å²) in [5.41, 5.74) is 1.15. The zero-order chi connectivity index (χ0) is 12.8. The van der Waals surface area contributed by atoms with Crippen molar-refractivity contribution in [1.82, 2.24) is 0 Å². The molecule has 1 atom stereocenters. The van der Waals surface area contributed by atoms with E-state index in [4.69, 9.17) is 14.2 Å². The Morgan fingerprint density at radius 2 is 1.65 bits per heavy atom. The van der Waals surface area contributed by atoms with Crippen LogP contribution in [0.2, 0.25) is 0 Å².